The lowest BCUT2D eigenvalue weighted by molar-refractivity contribution is 0.0321. The van der Waals surface area contributed by atoms with E-state index in [0.717, 1.165) is 50.2 Å². The van der Waals surface area contributed by atoms with Crippen molar-refractivity contribution in [2.75, 3.05) is 65.8 Å². The van der Waals surface area contributed by atoms with Crippen molar-refractivity contribution in [1.29, 1.82) is 0 Å². The largest absolute Gasteiger partial charge is 0.491 e. The zero-order valence-electron chi connectivity index (χ0n) is 19.4. The normalized spacial score (nSPS) is 19.8. The Morgan fingerprint density at radius 1 is 1.06 bits per heavy atom. The highest BCUT2D eigenvalue weighted by Crippen LogP contribution is 2.24. The average Bonchev–Trinajstić information content (AvgIpc) is 3.24. The van der Waals surface area contributed by atoms with Crippen LogP contribution in [0.3, 0.4) is 0 Å². The second kappa shape index (κ2) is 11.0. The molecule has 2 aliphatic heterocycles. The molecule has 180 valence electrons. The third-order valence-electron chi connectivity index (χ3n) is 6.59. The van der Waals surface area contributed by atoms with Gasteiger partial charge < -0.3 is 19.1 Å². The van der Waals surface area contributed by atoms with E-state index in [-0.39, 0.29) is 11.8 Å². The van der Waals surface area contributed by atoms with Crippen LogP contribution in [0.1, 0.15) is 15.9 Å². The molecule has 0 spiro atoms. The van der Waals surface area contributed by atoms with Gasteiger partial charge in [-0.25, -0.2) is 0 Å². The number of hydrogen-bond donors (Lipinski definition) is 1. The summed E-state index contributed by atoms with van der Waals surface area (Å²) in [7, 11) is 0. The number of fused-ring (bicyclic) bond motifs is 1. The van der Waals surface area contributed by atoms with Gasteiger partial charge >= 0.3 is 0 Å². The van der Waals surface area contributed by atoms with Crippen LogP contribution < -0.4 is 4.74 Å². The number of hydrogen-bond acceptors (Lipinski definition) is 6. The highest BCUT2D eigenvalue weighted by Gasteiger charge is 2.26. The van der Waals surface area contributed by atoms with Gasteiger partial charge in [-0.2, -0.15) is 5.10 Å². The molecule has 2 aliphatic rings. The van der Waals surface area contributed by atoms with Crippen LogP contribution in [0.15, 0.2) is 48.7 Å². The summed E-state index contributed by atoms with van der Waals surface area (Å²) in [5.74, 6) is 0.853. The average molecular weight is 465 g/mol. The number of carbonyl (C=O) groups excluding carboxylic acids is 1. The number of ether oxygens (including phenoxy) is 3. The summed E-state index contributed by atoms with van der Waals surface area (Å²) in [6, 6.07) is 13.8. The summed E-state index contributed by atoms with van der Waals surface area (Å²) in [5, 5.41) is 8.34. The molecule has 1 N–H and O–H groups in total. The fourth-order valence-corrected chi connectivity index (χ4v) is 4.76. The van der Waals surface area contributed by atoms with Crippen LogP contribution >= 0.6 is 0 Å². The van der Waals surface area contributed by atoms with Crippen LogP contribution in [0.5, 0.6) is 5.75 Å². The summed E-state index contributed by atoms with van der Waals surface area (Å²) in [4.78, 5) is 17.8. The van der Waals surface area contributed by atoms with Crippen LogP contribution in [0.4, 0.5) is 0 Å². The Bertz CT molecular complexity index is 1100. The number of carbonyl (C=O) groups is 1. The van der Waals surface area contributed by atoms with Crippen LogP contribution in [0.25, 0.3) is 10.9 Å². The lowest BCUT2D eigenvalue weighted by Crippen LogP contribution is -2.39. The third kappa shape index (κ3) is 5.41. The fraction of sp³-hybridized carbons (Fsp3) is 0.462. The van der Waals surface area contributed by atoms with Gasteiger partial charge in [-0.05, 0) is 30.2 Å². The predicted molar refractivity (Wildman–Crippen MR) is 129 cm³/mol. The Balaban J connectivity index is 1.24. The molecule has 2 saturated heterocycles. The smallest absolute Gasteiger partial charge is 0.257 e. The zero-order valence-corrected chi connectivity index (χ0v) is 19.4. The van der Waals surface area contributed by atoms with Gasteiger partial charge in [0.1, 0.15) is 12.4 Å². The molecule has 2 aromatic carbocycles. The van der Waals surface area contributed by atoms with E-state index in [1.807, 2.05) is 47.5 Å². The number of rotatable bonds is 7. The summed E-state index contributed by atoms with van der Waals surface area (Å²) in [6.45, 7) is 7.15. The first-order chi connectivity index (χ1) is 16.8. The van der Waals surface area contributed by atoms with E-state index in [0.29, 0.717) is 44.2 Å². The quantitative estimate of drug-likeness (QED) is 0.579. The fourth-order valence-electron chi connectivity index (χ4n) is 4.76. The number of H-pyrrole nitrogens is 1. The molecule has 1 amide bonds. The number of nitrogens with zero attached hydrogens (tertiary/aromatic N) is 3. The molecule has 0 saturated carbocycles. The van der Waals surface area contributed by atoms with Crippen molar-refractivity contribution in [3.63, 3.8) is 0 Å². The van der Waals surface area contributed by atoms with Crippen LogP contribution in [-0.2, 0) is 15.9 Å². The number of para-hydroxylation sites is 1. The lowest BCUT2D eigenvalue weighted by Gasteiger charge is -2.27. The molecule has 3 aromatic rings. The van der Waals surface area contributed by atoms with Gasteiger partial charge in [0, 0.05) is 44.0 Å². The Hall–Kier alpha value is -2.94. The summed E-state index contributed by atoms with van der Waals surface area (Å²) < 4.78 is 17.4. The molecule has 0 unspecified atom stereocenters. The Morgan fingerprint density at radius 3 is 2.82 bits per heavy atom. The minimum absolute atomic E-state index is 0.000933. The number of amides is 1. The van der Waals surface area contributed by atoms with Crippen molar-refractivity contribution in [3.8, 4) is 5.75 Å². The van der Waals surface area contributed by atoms with E-state index in [1.54, 1.807) is 0 Å². The molecule has 2 fully saturated rings. The molecule has 5 rings (SSSR count). The molecular formula is C26H32N4O4. The van der Waals surface area contributed by atoms with E-state index in [1.165, 1.54) is 5.56 Å². The van der Waals surface area contributed by atoms with E-state index in [9.17, 15) is 4.79 Å². The first-order valence-corrected chi connectivity index (χ1v) is 12.1. The first-order valence-electron chi connectivity index (χ1n) is 12.1. The molecule has 0 radical (unpaired) electrons. The van der Waals surface area contributed by atoms with Crippen molar-refractivity contribution in [2.24, 2.45) is 5.92 Å². The third-order valence-corrected chi connectivity index (χ3v) is 6.59. The van der Waals surface area contributed by atoms with E-state index in [2.05, 4.69) is 21.2 Å². The maximum absolute atomic E-state index is 13.6. The Morgan fingerprint density at radius 2 is 1.91 bits per heavy atom. The molecule has 8 heteroatoms. The summed E-state index contributed by atoms with van der Waals surface area (Å²) in [5.41, 5.74) is 2.87. The minimum atomic E-state index is -0.000933. The first kappa shape index (κ1) is 22.8. The number of morpholine rings is 1. The van der Waals surface area contributed by atoms with Gasteiger partial charge in [0.15, 0.2) is 0 Å². The molecule has 8 nitrogen and oxygen atoms in total. The lowest BCUT2D eigenvalue weighted by atomic mass is 9.97. The highest BCUT2D eigenvalue weighted by atomic mass is 16.5. The maximum atomic E-state index is 13.6. The summed E-state index contributed by atoms with van der Waals surface area (Å²) >= 11 is 0. The molecule has 3 heterocycles. The molecule has 34 heavy (non-hydrogen) atoms. The zero-order chi connectivity index (χ0) is 23.2. The SMILES string of the molecule is O=C(c1ccccc1OCCN1CCOCC1)N1CCOC[C@@H](Cc2cccc3[nH]ncc23)C1. The molecule has 0 aliphatic carbocycles. The molecule has 1 aromatic heterocycles. The minimum Gasteiger partial charge on any atom is -0.491 e. The topological polar surface area (TPSA) is 79.9 Å². The second-order valence-corrected chi connectivity index (χ2v) is 8.94. The van der Waals surface area contributed by atoms with E-state index < -0.39 is 0 Å². The van der Waals surface area contributed by atoms with Gasteiger partial charge in [0.05, 0.1) is 43.7 Å². The number of aromatic amines is 1. The van der Waals surface area contributed by atoms with Crippen molar-refractivity contribution in [1.82, 2.24) is 20.0 Å². The highest BCUT2D eigenvalue weighted by molar-refractivity contribution is 5.97. The van der Waals surface area contributed by atoms with Crippen LogP contribution in [0.2, 0.25) is 0 Å². The molecule has 0 bridgehead atoms. The summed E-state index contributed by atoms with van der Waals surface area (Å²) in [6.07, 6.45) is 2.70. The Kier molecular flexibility index (Phi) is 7.38. The number of nitrogens with one attached hydrogen (secondary N) is 1. The van der Waals surface area contributed by atoms with Crippen molar-refractivity contribution in [3.05, 3.63) is 59.8 Å². The Labute approximate surface area is 199 Å². The maximum Gasteiger partial charge on any atom is 0.257 e. The van der Waals surface area contributed by atoms with Crippen LogP contribution in [0, 0.1) is 5.92 Å². The molecular weight excluding hydrogens is 432 g/mol. The standard InChI is InChI=1S/C26H32N4O4/c31-26(22-5-1-2-7-25(22)34-15-10-29-8-12-32-13-9-29)30-11-14-33-19-20(18-30)16-21-4-3-6-24-23(21)17-27-28-24/h1-7,17,20H,8-16,18-19H2,(H,27,28)/t20-/m0/s1. The van der Waals surface area contributed by atoms with Gasteiger partial charge in [0.2, 0.25) is 0 Å². The second-order valence-electron chi connectivity index (χ2n) is 8.94. The van der Waals surface area contributed by atoms with E-state index in [4.69, 9.17) is 14.2 Å². The van der Waals surface area contributed by atoms with Crippen molar-refractivity contribution in [2.45, 2.75) is 6.42 Å². The number of benzene rings is 2. The van der Waals surface area contributed by atoms with Crippen molar-refractivity contribution < 1.29 is 19.0 Å². The van der Waals surface area contributed by atoms with Crippen molar-refractivity contribution >= 4 is 16.8 Å². The molecule has 1 atom stereocenters. The number of aromatic nitrogens is 2. The van der Waals surface area contributed by atoms with Gasteiger partial charge in [0.25, 0.3) is 5.91 Å². The predicted octanol–water partition coefficient (Wildman–Crippen LogP) is 2.61. The monoisotopic (exact) mass is 464 g/mol. The van der Waals surface area contributed by atoms with Gasteiger partial charge in [-0.1, -0.05) is 24.3 Å². The van der Waals surface area contributed by atoms with Crippen LogP contribution in [-0.4, -0.2) is 91.7 Å². The van der Waals surface area contributed by atoms with Gasteiger partial charge in [-0.15, -0.1) is 0 Å². The van der Waals surface area contributed by atoms with E-state index >= 15 is 0 Å². The van der Waals surface area contributed by atoms with Gasteiger partial charge in [-0.3, -0.25) is 14.8 Å².